The minimum Gasteiger partial charge on any atom is -0.310 e. The maximum absolute atomic E-state index is 2.75. The van der Waals surface area contributed by atoms with Gasteiger partial charge in [-0.2, -0.15) is 0 Å². The molecular weight excluding hydrogens is 747 g/mol. The van der Waals surface area contributed by atoms with Gasteiger partial charge in [-0.15, -0.1) is 0 Å². The maximum Gasteiger partial charge on any atom is 0.252 e. The van der Waals surface area contributed by atoms with Crippen LogP contribution in [-0.4, -0.2) is 15.8 Å². The fourth-order valence-electron chi connectivity index (χ4n) is 12.6. The molecule has 0 bridgehead atoms. The van der Waals surface area contributed by atoms with Gasteiger partial charge in [0.25, 0.3) is 6.71 Å². The summed E-state index contributed by atoms with van der Waals surface area (Å²) in [5.74, 6) is 0. The topological polar surface area (TPSA) is 9.86 Å². The third-order valence-electron chi connectivity index (χ3n) is 15.2. The van der Waals surface area contributed by atoms with Crippen molar-refractivity contribution in [1.29, 1.82) is 0 Å². The van der Waals surface area contributed by atoms with E-state index in [1.807, 2.05) is 0 Å². The summed E-state index contributed by atoms with van der Waals surface area (Å²) in [5.41, 5.74) is 26.3. The van der Waals surface area contributed by atoms with E-state index in [4.69, 9.17) is 0 Å². The lowest BCUT2D eigenvalue weighted by atomic mass is 9.33. The number of rotatable bonds is 2. The Morgan fingerprint density at radius 2 is 1.02 bits per heavy atom. The molecule has 0 amide bonds. The van der Waals surface area contributed by atoms with Crippen LogP contribution < -0.4 is 16.4 Å². The van der Waals surface area contributed by atoms with Gasteiger partial charge in [0.05, 0.1) is 16.6 Å². The Hall–Kier alpha value is -6.84. The van der Waals surface area contributed by atoms with Crippen LogP contribution in [0.3, 0.4) is 0 Å². The van der Waals surface area contributed by atoms with Crippen LogP contribution in [0.25, 0.3) is 77.6 Å². The summed E-state index contributed by atoms with van der Waals surface area (Å²) in [7, 11) is 0. The van der Waals surface area contributed by atoms with Crippen LogP contribution in [-0.2, 0) is 16.2 Å². The van der Waals surface area contributed by atoms with E-state index in [0.717, 1.165) is 0 Å². The molecule has 0 saturated carbocycles. The van der Waals surface area contributed by atoms with Gasteiger partial charge in [0, 0.05) is 44.1 Å². The van der Waals surface area contributed by atoms with E-state index in [1.54, 1.807) is 0 Å². The summed E-state index contributed by atoms with van der Waals surface area (Å²) < 4.78 is 5.41. The fraction of sp³-hybridized carbons (Fsp3) is 0.153. The van der Waals surface area contributed by atoms with Crippen LogP contribution in [0.5, 0.6) is 0 Å². The first kappa shape index (κ1) is 34.8. The van der Waals surface area contributed by atoms with Crippen molar-refractivity contribution in [2.24, 2.45) is 0 Å². The summed E-state index contributed by atoms with van der Waals surface area (Å²) >= 11 is 0. The fourth-order valence-corrected chi connectivity index (χ4v) is 12.6. The lowest BCUT2D eigenvalue weighted by molar-refractivity contribution is 0.588. The van der Waals surface area contributed by atoms with Gasteiger partial charge >= 0.3 is 0 Å². The highest BCUT2D eigenvalue weighted by Gasteiger charge is 2.54. The van der Waals surface area contributed by atoms with Crippen LogP contribution in [0, 0.1) is 0 Å². The molecule has 0 atom stereocenters. The van der Waals surface area contributed by atoms with Crippen molar-refractivity contribution < 1.29 is 0 Å². The standard InChI is InChI=1S/C59H45BN2/c1-57(2,3)36-30-41-42-31-37(58(4,5)6)33-48-55(42)62-53(41)46(32-36)59(43-25-15-13-22-38(43)39-23-14-16-26-44(39)59)45-28-29-49-51(56(45)62)60(48)47-27-17-24-40-50(34-18-9-7-10-19-34)52(61(49)54(40)47)35-20-11-8-12-21-35/h7-33H,1-6H3. The molecule has 3 heteroatoms. The van der Waals surface area contributed by atoms with Crippen molar-refractivity contribution in [3.05, 3.63) is 197 Å². The number of hydrogen-bond donors (Lipinski definition) is 0. The molecule has 0 radical (unpaired) electrons. The van der Waals surface area contributed by atoms with E-state index < -0.39 is 5.41 Å². The van der Waals surface area contributed by atoms with Crippen LogP contribution in [0.15, 0.2) is 164 Å². The smallest absolute Gasteiger partial charge is 0.252 e. The summed E-state index contributed by atoms with van der Waals surface area (Å²) in [6.45, 7) is 14.3. The largest absolute Gasteiger partial charge is 0.310 e. The molecule has 0 saturated heterocycles. The quantitative estimate of drug-likeness (QED) is 0.154. The predicted molar refractivity (Wildman–Crippen MR) is 261 cm³/mol. The Morgan fingerprint density at radius 1 is 0.435 bits per heavy atom. The molecule has 1 aliphatic carbocycles. The molecule has 0 fully saturated rings. The van der Waals surface area contributed by atoms with Crippen LogP contribution in [0.4, 0.5) is 0 Å². The first-order valence-corrected chi connectivity index (χ1v) is 22.4. The molecule has 2 nitrogen and oxygen atoms in total. The zero-order chi connectivity index (χ0) is 41.6. The summed E-state index contributed by atoms with van der Waals surface area (Å²) in [6, 6.07) is 63.3. The first-order chi connectivity index (χ1) is 30.1. The molecule has 294 valence electrons. The van der Waals surface area contributed by atoms with Crippen molar-refractivity contribution >= 4 is 55.8 Å². The van der Waals surface area contributed by atoms with Crippen molar-refractivity contribution in [3.63, 3.8) is 0 Å². The molecule has 14 rings (SSSR count). The van der Waals surface area contributed by atoms with Gasteiger partial charge in [0.2, 0.25) is 0 Å². The number of fused-ring (bicyclic) bond motifs is 11. The van der Waals surface area contributed by atoms with Gasteiger partial charge in [-0.3, -0.25) is 0 Å². The highest BCUT2D eigenvalue weighted by molar-refractivity contribution is 7.00. The summed E-state index contributed by atoms with van der Waals surface area (Å²) in [4.78, 5) is 0. The SMILES string of the molecule is CC(C)(C)c1cc2c3c(c1)c1cc(C(C)(C)C)cc4c1n3-c1c(ccc3c1B2c1cccc2c(-c5ccccc5)c(-c5ccccc5)n-3c12)C41c2ccccc2-c2ccccc21. The van der Waals surface area contributed by atoms with E-state index in [-0.39, 0.29) is 17.5 Å². The normalized spacial score (nSPS) is 14.7. The van der Waals surface area contributed by atoms with Gasteiger partial charge in [0.1, 0.15) is 0 Å². The van der Waals surface area contributed by atoms with Crippen molar-refractivity contribution in [2.45, 2.75) is 57.8 Å². The number of hydrogen-bond acceptors (Lipinski definition) is 0. The maximum atomic E-state index is 2.75. The molecule has 0 unspecified atom stereocenters. The summed E-state index contributed by atoms with van der Waals surface area (Å²) in [6.07, 6.45) is 0. The third kappa shape index (κ3) is 4.00. The highest BCUT2D eigenvalue weighted by atomic mass is 15.1. The molecule has 1 spiro atoms. The molecule has 10 aromatic rings. The summed E-state index contributed by atoms with van der Waals surface area (Å²) in [5, 5.41) is 4.04. The highest BCUT2D eigenvalue weighted by Crippen LogP contribution is 2.62. The lowest BCUT2D eigenvalue weighted by Crippen LogP contribution is -2.60. The van der Waals surface area contributed by atoms with Crippen LogP contribution >= 0.6 is 0 Å². The van der Waals surface area contributed by atoms with Crippen molar-refractivity contribution in [1.82, 2.24) is 9.13 Å². The number of benzene rings is 8. The second-order valence-electron chi connectivity index (χ2n) is 20.4. The van der Waals surface area contributed by atoms with Crippen LogP contribution in [0.2, 0.25) is 0 Å². The van der Waals surface area contributed by atoms with Gasteiger partial charge in [-0.1, -0.05) is 187 Å². The Kier molecular flexibility index (Phi) is 6.37. The monoisotopic (exact) mass is 792 g/mol. The zero-order valence-electron chi connectivity index (χ0n) is 36.1. The van der Waals surface area contributed by atoms with Gasteiger partial charge in [-0.25, -0.2) is 0 Å². The number of nitrogens with zero attached hydrogens (tertiary/aromatic N) is 2. The Bertz CT molecular complexity index is 3600. The van der Waals surface area contributed by atoms with Crippen molar-refractivity contribution in [2.75, 3.05) is 0 Å². The van der Waals surface area contributed by atoms with E-state index in [0.29, 0.717) is 0 Å². The Labute approximate surface area is 363 Å². The zero-order valence-corrected chi connectivity index (χ0v) is 36.1. The minimum atomic E-state index is -0.517. The molecule has 2 aromatic heterocycles. The van der Waals surface area contributed by atoms with E-state index in [9.17, 15) is 0 Å². The molecule has 5 heterocycles. The van der Waals surface area contributed by atoms with E-state index in [2.05, 4.69) is 214 Å². The predicted octanol–water partition coefficient (Wildman–Crippen LogP) is 12.5. The lowest BCUT2D eigenvalue weighted by Gasteiger charge is -2.44. The van der Waals surface area contributed by atoms with Gasteiger partial charge in [-0.05, 0) is 101 Å². The van der Waals surface area contributed by atoms with Gasteiger partial charge in [0.15, 0.2) is 0 Å². The molecule has 3 aliphatic heterocycles. The van der Waals surface area contributed by atoms with Gasteiger partial charge < -0.3 is 9.13 Å². The molecule has 0 N–H and O–H groups in total. The Morgan fingerprint density at radius 3 is 1.68 bits per heavy atom. The minimum absolute atomic E-state index is 0.0347. The van der Waals surface area contributed by atoms with Crippen LogP contribution in [0.1, 0.15) is 74.9 Å². The van der Waals surface area contributed by atoms with E-state index in [1.165, 1.54) is 127 Å². The molecule has 8 aromatic carbocycles. The third-order valence-corrected chi connectivity index (χ3v) is 15.2. The molecule has 62 heavy (non-hydrogen) atoms. The number of aromatic nitrogens is 2. The Balaban J connectivity index is 1.26. The molecule has 4 aliphatic rings. The van der Waals surface area contributed by atoms with Crippen molar-refractivity contribution in [3.8, 4) is 44.9 Å². The molecular formula is C59H45BN2. The second kappa shape index (κ2) is 11.3. The number of para-hydroxylation sites is 1. The van der Waals surface area contributed by atoms with E-state index >= 15 is 0 Å². The average molecular weight is 793 g/mol. The first-order valence-electron chi connectivity index (χ1n) is 22.4. The average Bonchev–Trinajstić information content (AvgIpc) is 3.91. The second-order valence-corrected chi connectivity index (χ2v) is 20.4.